The van der Waals surface area contributed by atoms with Crippen LogP contribution < -0.4 is 5.32 Å². The largest absolute Gasteiger partial charge is 0.478 e. The van der Waals surface area contributed by atoms with E-state index < -0.39 is 17.7 Å². The van der Waals surface area contributed by atoms with Crippen molar-refractivity contribution in [2.45, 2.75) is 31.3 Å². The van der Waals surface area contributed by atoms with Gasteiger partial charge in [0.2, 0.25) is 5.91 Å². The molecule has 2 aliphatic rings. The van der Waals surface area contributed by atoms with Gasteiger partial charge in [0, 0.05) is 19.0 Å². The van der Waals surface area contributed by atoms with Crippen LogP contribution in [0.15, 0.2) is 18.2 Å². The molecule has 0 spiro atoms. The Morgan fingerprint density at radius 1 is 1.32 bits per heavy atom. The molecule has 3 rings (SSSR count). The highest BCUT2D eigenvalue weighted by Gasteiger charge is 2.39. The van der Waals surface area contributed by atoms with E-state index in [4.69, 9.17) is 5.11 Å². The van der Waals surface area contributed by atoms with Crippen molar-refractivity contribution in [2.24, 2.45) is 0 Å². The van der Waals surface area contributed by atoms with Gasteiger partial charge in [-0.05, 0) is 31.0 Å². The Morgan fingerprint density at radius 3 is 2.64 bits per heavy atom. The molecule has 6 nitrogen and oxygen atoms in total. The minimum absolute atomic E-state index is 0.00879. The number of hydrogen-bond donors (Lipinski definition) is 2. The van der Waals surface area contributed by atoms with Crippen molar-refractivity contribution in [2.75, 3.05) is 6.54 Å². The van der Waals surface area contributed by atoms with Gasteiger partial charge in [-0.1, -0.05) is 0 Å². The fourth-order valence-corrected chi connectivity index (χ4v) is 2.66. The van der Waals surface area contributed by atoms with Crippen LogP contribution in [0.1, 0.15) is 40.0 Å². The van der Waals surface area contributed by atoms with Gasteiger partial charge in [0.15, 0.2) is 0 Å². The van der Waals surface area contributed by atoms with Crippen molar-refractivity contribution in [3.05, 3.63) is 35.1 Å². The van der Waals surface area contributed by atoms with Crippen LogP contribution in [0.5, 0.6) is 0 Å². The van der Waals surface area contributed by atoms with E-state index in [-0.39, 0.29) is 29.5 Å². The fourth-order valence-electron chi connectivity index (χ4n) is 2.66. The summed E-state index contributed by atoms with van der Waals surface area (Å²) in [5.41, 5.74) is -0.438. The number of carbonyl (C=O) groups is 3. The lowest BCUT2D eigenvalue weighted by molar-refractivity contribution is -0.128. The predicted molar refractivity (Wildman–Crippen MR) is 74.0 cm³/mol. The molecule has 1 unspecified atom stereocenters. The summed E-state index contributed by atoms with van der Waals surface area (Å²) in [4.78, 5) is 36.4. The van der Waals surface area contributed by atoms with Gasteiger partial charge >= 0.3 is 5.97 Å². The number of amides is 2. The highest BCUT2D eigenvalue weighted by Crippen LogP contribution is 2.30. The first-order valence-electron chi connectivity index (χ1n) is 7.09. The lowest BCUT2D eigenvalue weighted by Gasteiger charge is -2.16. The summed E-state index contributed by atoms with van der Waals surface area (Å²) in [6.07, 6.45) is 2.21. The summed E-state index contributed by atoms with van der Waals surface area (Å²) < 4.78 is 13.8. The number of halogens is 1. The minimum Gasteiger partial charge on any atom is -0.478 e. The molecule has 0 aromatic heterocycles. The number of nitrogens with one attached hydrogen (secondary N) is 1. The van der Waals surface area contributed by atoms with Gasteiger partial charge in [0.25, 0.3) is 5.91 Å². The topological polar surface area (TPSA) is 86.7 Å². The number of rotatable bonds is 4. The molecular formula is C15H15FN2O4. The first-order chi connectivity index (χ1) is 10.5. The molecular weight excluding hydrogens is 291 g/mol. The SMILES string of the molecule is O=C(O)c1ccc(C(=O)NC2CC(=O)N(C3CC3)C2)c(F)c1. The Bertz CT molecular complexity index is 657. The van der Waals surface area contributed by atoms with Gasteiger partial charge in [-0.25, -0.2) is 9.18 Å². The molecule has 116 valence electrons. The van der Waals surface area contributed by atoms with Crippen LogP contribution in [0.25, 0.3) is 0 Å². The van der Waals surface area contributed by atoms with E-state index in [0.29, 0.717) is 12.6 Å². The molecule has 1 saturated heterocycles. The van der Waals surface area contributed by atoms with Gasteiger partial charge in [0.05, 0.1) is 17.2 Å². The zero-order valence-corrected chi connectivity index (χ0v) is 11.7. The predicted octanol–water partition coefficient (Wildman–Crippen LogP) is 1.02. The Labute approximate surface area is 125 Å². The number of carboxylic acid groups (broad SMARTS) is 1. The lowest BCUT2D eigenvalue weighted by Crippen LogP contribution is -2.38. The maximum absolute atomic E-state index is 13.8. The molecule has 1 saturated carbocycles. The molecule has 1 aromatic rings. The van der Waals surface area contributed by atoms with Gasteiger partial charge in [-0.3, -0.25) is 9.59 Å². The minimum atomic E-state index is -1.26. The molecule has 1 aliphatic carbocycles. The Morgan fingerprint density at radius 2 is 2.05 bits per heavy atom. The van der Waals surface area contributed by atoms with Crippen LogP contribution in [-0.4, -0.2) is 46.4 Å². The third kappa shape index (κ3) is 2.79. The van der Waals surface area contributed by atoms with Crippen molar-refractivity contribution in [3.63, 3.8) is 0 Å². The summed E-state index contributed by atoms with van der Waals surface area (Å²) in [6.45, 7) is 0.448. The molecule has 2 fully saturated rings. The Balaban J connectivity index is 1.67. The molecule has 7 heteroatoms. The summed E-state index contributed by atoms with van der Waals surface area (Å²) in [6, 6.07) is 3.09. The first-order valence-corrected chi connectivity index (χ1v) is 7.09. The normalized spacial score (nSPS) is 21.0. The molecule has 22 heavy (non-hydrogen) atoms. The van der Waals surface area contributed by atoms with Crippen molar-refractivity contribution in [3.8, 4) is 0 Å². The number of carboxylic acids is 1. The monoisotopic (exact) mass is 306 g/mol. The first kappa shape index (κ1) is 14.5. The molecule has 2 amide bonds. The van der Waals surface area contributed by atoms with E-state index in [9.17, 15) is 18.8 Å². The van der Waals surface area contributed by atoms with Crippen LogP contribution >= 0.6 is 0 Å². The van der Waals surface area contributed by atoms with E-state index in [1.54, 1.807) is 4.90 Å². The van der Waals surface area contributed by atoms with Gasteiger partial charge in [-0.15, -0.1) is 0 Å². The van der Waals surface area contributed by atoms with Gasteiger partial charge in [-0.2, -0.15) is 0 Å². The zero-order chi connectivity index (χ0) is 15.9. The van der Waals surface area contributed by atoms with Crippen molar-refractivity contribution < 1.29 is 23.9 Å². The Kier molecular flexibility index (Phi) is 3.56. The average Bonchev–Trinajstić information content (AvgIpc) is 3.23. The second-order valence-corrected chi connectivity index (χ2v) is 5.65. The number of likely N-dealkylation sites (tertiary alicyclic amines) is 1. The van der Waals surface area contributed by atoms with E-state index in [2.05, 4.69) is 5.32 Å². The van der Waals surface area contributed by atoms with Crippen LogP contribution in [0.3, 0.4) is 0 Å². The average molecular weight is 306 g/mol. The molecule has 1 heterocycles. The Hall–Kier alpha value is -2.44. The molecule has 1 aliphatic heterocycles. The smallest absolute Gasteiger partial charge is 0.335 e. The van der Waals surface area contributed by atoms with E-state index in [1.807, 2.05) is 0 Å². The van der Waals surface area contributed by atoms with Crippen LogP contribution in [0.4, 0.5) is 4.39 Å². The number of nitrogens with zero attached hydrogens (tertiary/aromatic N) is 1. The van der Waals surface area contributed by atoms with Crippen molar-refractivity contribution in [1.82, 2.24) is 10.2 Å². The van der Waals surface area contributed by atoms with Crippen molar-refractivity contribution in [1.29, 1.82) is 0 Å². The second-order valence-electron chi connectivity index (χ2n) is 5.65. The number of aromatic carboxylic acids is 1. The summed E-state index contributed by atoms with van der Waals surface area (Å²) in [5.74, 6) is -2.77. The molecule has 0 radical (unpaired) electrons. The van der Waals surface area contributed by atoms with Crippen LogP contribution in [0, 0.1) is 5.82 Å². The summed E-state index contributed by atoms with van der Waals surface area (Å²) >= 11 is 0. The quantitative estimate of drug-likeness (QED) is 0.869. The molecule has 2 N–H and O–H groups in total. The van der Waals surface area contributed by atoms with E-state index >= 15 is 0 Å². The fraction of sp³-hybridized carbons (Fsp3) is 0.400. The van der Waals surface area contributed by atoms with Crippen LogP contribution in [0.2, 0.25) is 0 Å². The van der Waals surface area contributed by atoms with Crippen molar-refractivity contribution >= 4 is 17.8 Å². The number of carbonyl (C=O) groups excluding carboxylic acids is 2. The third-order valence-corrected chi connectivity index (χ3v) is 3.94. The summed E-state index contributed by atoms with van der Waals surface area (Å²) in [7, 11) is 0. The molecule has 1 atom stereocenters. The van der Waals surface area contributed by atoms with E-state index in [0.717, 1.165) is 25.0 Å². The highest BCUT2D eigenvalue weighted by atomic mass is 19.1. The molecule has 0 bridgehead atoms. The standard InChI is InChI=1S/C15H15FN2O4/c16-12-5-8(15(21)22)1-4-11(12)14(20)17-9-6-13(19)18(7-9)10-2-3-10/h1,4-5,9-10H,2-3,6-7H2,(H,17,20)(H,21,22). The second kappa shape index (κ2) is 5.40. The maximum Gasteiger partial charge on any atom is 0.335 e. The highest BCUT2D eigenvalue weighted by molar-refractivity contribution is 5.96. The maximum atomic E-state index is 13.8. The van der Waals surface area contributed by atoms with E-state index in [1.165, 1.54) is 6.07 Å². The van der Waals surface area contributed by atoms with Crippen LogP contribution in [-0.2, 0) is 4.79 Å². The van der Waals surface area contributed by atoms with Gasteiger partial charge in [0.1, 0.15) is 5.82 Å². The third-order valence-electron chi connectivity index (χ3n) is 3.94. The summed E-state index contributed by atoms with van der Waals surface area (Å²) in [5, 5.41) is 11.4. The zero-order valence-electron chi connectivity index (χ0n) is 11.7. The lowest BCUT2D eigenvalue weighted by atomic mass is 10.1. The number of benzene rings is 1. The van der Waals surface area contributed by atoms with Gasteiger partial charge < -0.3 is 15.3 Å². The number of hydrogen-bond acceptors (Lipinski definition) is 3. The molecule has 1 aromatic carbocycles.